The Morgan fingerprint density at radius 1 is 1.04 bits per heavy atom. The number of hydrogen-bond acceptors (Lipinski definition) is 4. The van der Waals surface area contributed by atoms with Crippen LogP contribution in [-0.4, -0.2) is 22.4 Å². The van der Waals surface area contributed by atoms with E-state index in [2.05, 4.69) is 20.6 Å². The van der Waals surface area contributed by atoms with Crippen LogP contribution < -0.4 is 10.6 Å². The number of anilines is 2. The molecule has 0 radical (unpaired) electrons. The lowest BCUT2D eigenvalue weighted by Gasteiger charge is -2.12. The van der Waals surface area contributed by atoms with E-state index < -0.39 is 0 Å². The van der Waals surface area contributed by atoms with Gasteiger partial charge in [-0.15, -0.1) is 0 Å². The minimum Gasteiger partial charge on any atom is -0.350 e. The highest BCUT2D eigenvalue weighted by Crippen LogP contribution is 2.21. The third-order valence-corrected chi connectivity index (χ3v) is 4.58. The third kappa shape index (κ3) is 4.71. The molecule has 0 atom stereocenters. The molecule has 1 aromatic heterocycles. The van der Waals surface area contributed by atoms with Crippen LogP contribution in [0.1, 0.15) is 32.9 Å². The molecule has 0 saturated heterocycles. The first-order valence-electron chi connectivity index (χ1n) is 9.14. The summed E-state index contributed by atoms with van der Waals surface area (Å²) in [4.78, 5) is 21.2. The highest BCUT2D eigenvalue weighted by molar-refractivity contribution is 5.92. The van der Waals surface area contributed by atoms with Gasteiger partial charge in [-0.3, -0.25) is 4.79 Å². The maximum Gasteiger partial charge on any atom is 0.270 e. The first-order valence-corrected chi connectivity index (χ1v) is 9.14. The number of carbonyl (C=O) groups is 1. The Morgan fingerprint density at radius 2 is 1.82 bits per heavy atom. The smallest absolute Gasteiger partial charge is 0.270 e. The maximum absolute atomic E-state index is 13.7. The fraction of sp³-hybridized carbons (Fsp3) is 0.227. The monoisotopic (exact) mass is 378 g/mol. The summed E-state index contributed by atoms with van der Waals surface area (Å²) in [5.74, 6) is -0.214. The van der Waals surface area contributed by atoms with E-state index in [0.717, 1.165) is 16.8 Å². The molecular formula is C22H23FN4O. The quantitative estimate of drug-likeness (QED) is 0.673. The standard InChI is InChI=1S/C22H23FN4O/c1-14-7-6-10-19(16(14)3)26-22-25-15(2)13-20(27-22)21(28)24-12-11-17-8-4-5-9-18(17)23/h4-10,13H,11-12H2,1-3H3,(H,24,28)(H,25,26,27). The van der Waals surface area contributed by atoms with Crippen molar-refractivity contribution in [1.82, 2.24) is 15.3 Å². The Kier molecular flexibility index (Phi) is 5.99. The minimum atomic E-state index is -0.314. The number of rotatable bonds is 6. The van der Waals surface area contributed by atoms with Crippen LogP contribution in [0.15, 0.2) is 48.5 Å². The van der Waals surface area contributed by atoms with Crippen LogP contribution >= 0.6 is 0 Å². The second-order valence-corrected chi connectivity index (χ2v) is 6.69. The van der Waals surface area contributed by atoms with Gasteiger partial charge in [-0.2, -0.15) is 0 Å². The van der Waals surface area contributed by atoms with Gasteiger partial charge in [-0.1, -0.05) is 30.3 Å². The van der Waals surface area contributed by atoms with Crippen molar-refractivity contribution in [1.29, 1.82) is 0 Å². The van der Waals surface area contributed by atoms with Crippen molar-refractivity contribution in [2.24, 2.45) is 0 Å². The Hall–Kier alpha value is -3.28. The summed E-state index contributed by atoms with van der Waals surface area (Å²) in [7, 11) is 0. The van der Waals surface area contributed by atoms with Gasteiger partial charge < -0.3 is 10.6 Å². The lowest BCUT2D eigenvalue weighted by atomic mass is 10.1. The normalized spacial score (nSPS) is 10.6. The van der Waals surface area contributed by atoms with E-state index in [1.807, 2.05) is 39.0 Å². The van der Waals surface area contributed by atoms with Gasteiger partial charge in [-0.05, 0) is 62.1 Å². The molecule has 0 aliphatic heterocycles. The first kappa shape index (κ1) is 19.5. The fourth-order valence-electron chi connectivity index (χ4n) is 2.85. The third-order valence-electron chi connectivity index (χ3n) is 4.58. The maximum atomic E-state index is 13.7. The van der Waals surface area contributed by atoms with E-state index in [4.69, 9.17) is 0 Å². The van der Waals surface area contributed by atoms with E-state index in [1.54, 1.807) is 24.3 Å². The highest BCUT2D eigenvalue weighted by atomic mass is 19.1. The summed E-state index contributed by atoms with van der Waals surface area (Å²) in [6, 6.07) is 14.1. The van der Waals surface area contributed by atoms with Gasteiger partial charge in [0.15, 0.2) is 0 Å². The molecule has 0 fully saturated rings. The van der Waals surface area contributed by atoms with Crippen molar-refractivity contribution in [3.63, 3.8) is 0 Å². The number of amides is 1. The van der Waals surface area contributed by atoms with Crippen LogP contribution in [0.3, 0.4) is 0 Å². The molecule has 28 heavy (non-hydrogen) atoms. The van der Waals surface area contributed by atoms with Gasteiger partial charge in [0.25, 0.3) is 5.91 Å². The van der Waals surface area contributed by atoms with Crippen LogP contribution in [0.25, 0.3) is 0 Å². The average molecular weight is 378 g/mol. The molecule has 3 rings (SSSR count). The molecule has 2 aromatic carbocycles. The topological polar surface area (TPSA) is 66.9 Å². The SMILES string of the molecule is Cc1cc(C(=O)NCCc2ccccc2F)nc(Nc2cccc(C)c2C)n1. The van der Waals surface area contributed by atoms with Crippen molar-refractivity contribution in [2.45, 2.75) is 27.2 Å². The van der Waals surface area contributed by atoms with Crippen molar-refractivity contribution in [3.8, 4) is 0 Å². The first-order chi connectivity index (χ1) is 13.4. The van der Waals surface area contributed by atoms with Gasteiger partial charge in [0.05, 0.1) is 0 Å². The van der Waals surface area contributed by atoms with Gasteiger partial charge in [-0.25, -0.2) is 14.4 Å². The van der Waals surface area contributed by atoms with E-state index >= 15 is 0 Å². The van der Waals surface area contributed by atoms with Crippen LogP contribution in [-0.2, 0) is 6.42 Å². The molecule has 0 unspecified atom stereocenters. The fourth-order valence-corrected chi connectivity index (χ4v) is 2.85. The lowest BCUT2D eigenvalue weighted by molar-refractivity contribution is 0.0949. The molecule has 2 N–H and O–H groups in total. The molecule has 1 heterocycles. The summed E-state index contributed by atoms with van der Waals surface area (Å²) in [6.07, 6.45) is 0.413. The average Bonchev–Trinajstić information content (AvgIpc) is 2.66. The Balaban J connectivity index is 1.69. The van der Waals surface area contributed by atoms with Gasteiger partial charge in [0.2, 0.25) is 5.95 Å². The number of benzene rings is 2. The van der Waals surface area contributed by atoms with Crippen molar-refractivity contribution in [3.05, 3.63) is 82.4 Å². The summed E-state index contributed by atoms with van der Waals surface area (Å²) < 4.78 is 13.7. The number of nitrogens with one attached hydrogen (secondary N) is 2. The molecule has 5 nitrogen and oxygen atoms in total. The van der Waals surface area contributed by atoms with E-state index in [0.29, 0.717) is 30.2 Å². The number of hydrogen-bond donors (Lipinski definition) is 2. The molecule has 144 valence electrons. The second kappa shape index (κ2) is 8.61. The predicted octanol–water partition coefficient (Wildman–Crippen LogP) is 4.26. The summed E-state index contributed by atoms with van der Waals surface area (Å²) in [6.45, 7) is 6.19. The molecule has 0 aliphatic carbocycles. The van der Waals surface area contributed by atoms with Crippen molar-refractivity contribution < 1.29 is 9.18 Å². The van der Waals surface area contributed by atoms with Crippen LogP contribution in [0.5, 0.6) is 0 Å². The summed E-state index contributed by atoms with van der Waals surface area (Å²) in [5.41, 5.74) is 4.68. The molecule has 0 saturated carbocycles. The molecule has 3 aromatic rings. The number of halogens is 1. The second-order valence-electron chi connectivity index (χ2n) is 6.69. The predicted molar refractivity (Wildman–Crippen MR) is 108 cm³/mol. The van der Waals surface area contributed by atoms with Crippen LogP contribution in [0.2, 0.25) is 0 Å². The Bertz CT molecular complexity index is 1000. The number of nitrogens with zero attached hydrogens (tertiary/aromatic N) is 2. The summed E-state index contributed by atoms with van der Waals surface area (Å²) >= 11 is 0. The van der Waals surface area contributed by atoms with Gasteiger partial charge >= 0.3 is 0 Å². The van der Waals surface area contributed by atoms with Gasteiger partial charge in [0, 0.05) is 17.9 Å². The minimum absolute atomic E-state index is 0.269. The molecule has 1 amide bonds. The zero-order valence-electron chi connectivity index (χ0n) is 16.2. The molecular weight excluding hydrogens is 355 g/mol. The van der Waals surface area contributed by atoms with Crippen molar-refractivity contribution >= 4 is 17.5 Å². The van der Waals surface area contributed by atoms with Crippen molar-refractivity contribution in [2.75, 3.05) is 11.9 Å². The summed E-state index contributed by atoms with van der Waals surface area (Å²) in [5, 5.41) is 5.98. The largest absolute Gasteiger partial charge is 0.350 e. The van der Waals surface area contributed by atoms with Gasteiger partial charge in [0.1, 0.15) is 11.5 Å². The zero-order valence-corrected chi connectivity index (χ0v) is 16.2. The Labute approximate surface area is 164 Å². The lowest BCUT2D eigenvalue weighted by Crippen LogP contribution is -2.27. The Morgan fingerprint density at radius 3 is 2.61 bits per heavy atom. The molecule has 0 aliphatic rings. The number of aromatic nitrogens is 2. The van der Waals surface area contributed by atoms with E-state index in [-0.39, 0.29) is 17.4 Å². The van der Waals surface area contributed by atoms with Crippen LogP contribution in [0.4, 0.5) is 16.0 Å². The highest BCUT2D eigenvalue weighted by Gasteiger charge is 2.12. The van der Waals surface area contributed by atoms with E-state index in [1.165, 1.54) is 6.07 Å². The molecule has 0 spiro atoms. The van der Waals surface area contributed by atoms with Crippen LogP contribution in [0, 0.1) is 26.6 Å². The number of carbonyl (C=O) groups excluding carboxylic acids is 1. The molecule has 0 bridgehead atoms. The van der Waals surface area contributed by atoms with E-state index in [9.17, 15) is 9.18 Å². The number of aryl methyl sites for hydroxylation is 2. The zero-order chi connectivity index (χ0) is 20.1. The molecule has 6 heteroatoms.